The van der Waals surface area contributed by atoms with Gasteiger partial charge in [-0.1, -0.05) is 5.16 Å². The van der Waals surface area contributed by atoms with Crippen LogP contribution < -0.4 is 0 Å². The van der Waals surface area contributed by atoms with E-state index in [4.69, 9.17) is 8.94 Å². The molecule has 1 saturated heterocycles. The molecule has 1 fully saturated rings. The van der Waals surface area contributed by atoms with Crippen molar-refractivity contribution in [3.63, 3.8) is 0 Å². The molecule has 3 aromatic heterocycles. The lowest BCUT2D eigenvalue weighted by Gasteiger charge is -2.31. The van der Waals surface area contributed by atoms with Crippen LogP contribution in [0.3, 0.4) is 0 Å². The Balaban J connectivity index is 1.43. The van der Waals surface area contributed by atoms with Gasteiger partial charge in [0.05, 0.1) is 12.2 Å². The maximum absolute atomic E-state index is 12.5. The largest absolute Gasteiger partial charge is 0.444 e. The Labute approximate surface area is 165 Å². The van der Waals surface area contributed by atoms with Crippen molar-refractivity contribution < 1.29 is 13.7 Å². The predicted octanol–water partition coefficient (Wildman–Crippen LogP) is 3.91. The van der Waals surface area contributed by atoms with Crippen LogP contribution in [0.2, 0.25) is 0 Å². The molecular weight excluding hydrogens is 412 g/mol. The van der Waals surface area contributed by atoms with Crippen LogP contribution in [0.1, 0.15) is 52.2 Å². The second-order valence-corrected chi connectivity index (χ2v) is 7.67. The zero-order valence-corrected chi connectivity index (χ0v) is 16.9. The van der Waals surface area contributed by atoms with E-state index in [2.05, 4.69) is 30.6 Å². The maximum Gasteiger partial charge on any atom is 0.289 e. The quantitative estimate of drug-likeness (QED) is 0.624. The van der Waals surface area contributed by atoms with Crippen LogP contribution in [0.4, 0.5) is 0 Å². The fourth-order valence-corrected chi connectivity index (χ4v) is 3.94. The summed E-state index contributed by atoms with van der Waals surface area (Å²) in [6.45, 7) is 5.98. The Morgan fingerprint density at radius 2 is 2.07 bits per heavy atom. The number of piperidine rings is 1. The molecule has 1 aliphatic rings. The average Bonchev–Trinajstić information content (AvgIpc) is 3.39. The van der Waals surface area contributed by atoms with E-state index in [0.29, 0.717) is 36.0 Å². The molecule has 0 atom stereocenters. The number of carbonyl (C=O) groups is 1. The predicted molar refractivity (Wildman–Crippen MR) is 102 cm³/mol. The van der Waals surface area contributed by atoms with E-state index >= 15 is 0 Å². The number of aryl methyl sites for hydroxylation is 2. The second-order valence-electron chi connectivity index (χ2n) is 6.89. The molecule has 0 radical (unpaired) electrons. The molecule has 0 unspecified atom stereocenters. The molecule has 1 aliphatic heterocycles. The van der Waals surface area contributed by atoms with Crippen molar-refractivity contribution >= 4 is 21.8 Å². The van der Waals surface area contributed by atoms with Gasteiger partial charge in [-0.3, -0.25) is 4.79 Å². The molecule has 0 aromatic carbocycles. The van der Waals surface area contributed by atoms with E-state index in [1.165, 1.54) is 0 Å². The Kier molecular flexibility index (Phi) is 4.90. The molecular formula is C19H21BrN4O3. The normalized spacial score (nSPS) is 15.4. The van der Waals surface area contributed by atoms with Gasteiger partial charge in [0.15, 0.2) is 10.4 Å². The van der Waals surface area contributed by atoms with Crippen LogP contribution in [0.25, 0.3) is 0 Å². The molecule has 27 heavy (non-hydrogen) atoms. The summed E-state index contributed by atoms with van der Waals surface area (Å²) in [5, 5.41) is 4.03. The van der Waals surface area contributed by atoms with E-state index in [-0.39, 0.29) is 5.91 Å². The van der Waals surface area contributed by atoms with Gasteiger partial charge in [-0.2, -0.15) is 0 Å². The molecule has 0 N–H and O–H groups in total. The Morgan fingerprint density at radius 3 is 2.70 bits per heavy atom. The fraction of sp³-hybridized carbons (Fsp3) is 0.421. The number of furan rings is 1. The van der Waals surface area contributed by atoms with Gasteiger partial charge in [-0.05, 0) is 54.8 Å². The molecule has 3 aromatic rings. The number of nitrogens with zero attached hydrogens (tertiary/aromatic N) is 4. The molecule has 1 amide bonds. The lowest BCUT2D eigenvalue weighted by atomic mass is 9.95. The highest BCUT2D eigenvalue weighted by Crippen LogP contribution is 2.29. The van der Waals surface area contributed by atoms with Gasteiger partial charge in [-0.25, -0.2) is 4.98 Å². The van der Waals surface area contributed by atoms with Crippen molar-refractivity contribution in [1.29, 1.82) is 0 Å². The summed E-state index contributed by atoms with van der Waals surface area (Å²) in [5.41, 5.74) is 2.02. The SMILES string of the molecule is Cc1noc(C)c1Cn1ccnc1C1CCN(C(=O)c2ccc(Br)o2)CC1. The molecule has 0 spiro atoms. The monoisotopic (exact) mass is 432 g/mol. The smallest absolute Gasteiger partial charge is 0.289 e. The molecule has 4 heterocycles. The van der Waals surface area contributed by atoms with Crippen molar-refractivity contribution in [2.75, 3.05) is 13.1 Å². The first-order valence-electron chi connectivity index (χ1n) is 9.00. The number of aromatic nitrogens is 3. The summed E-state index contributed by atoms with van der Waals surface area (Å²) in [4.78, 5) is 19.0. The van der Waals surface area contributed by atoms with Gasteiger partial charge >= 0.3 is 0 Å². The third-order valence-corrected chi connectivity index (χ3v) is 5.61. The lowest BCUT2D eigenvalue weighted by molar-refractivity contribution is 0.0677. The maximum atomic E-state index is 12.5. The van der Waals surface area contributed by atoms with E-state index in [1.54, 1.807) is 12.1 Å². The van der Waals surface area contributed by atoms with E-state index < -0.39 is 0 Å². The lowest BCUT2D eigenvalue weighted by Crippen LogP contribution is -2.38. The van der Waals surface area contributed by atoms with E-state index in [1.807, 2.05) is 31.1 Å². The van der Waals surface area contributed by atoms with Crippen molar-refractivity contribution in [2.45, 2.75) is 39.2 Å². The van der Waals surface area contributed by atoms with Gasteiger partial charge in [-0.15, -0.1) is 0 Å². The van der Waals surface area contributed by atoms with Crippen LogP contribution in [0.15, 0.2) is 38.1 Å². The minimum absolute atomic E-state index is 0.0572. The first kappa shape index (κ1) is 18.0. The van der Waals surface area contributed by atoms with Crippen LogP contribution in [0, 0.1) is 13.8 Å². The van der Waals surface area contributed by atoms with Crippen LogP contribution in [-0.2, 0) is 6.54 Å². The minimum atomic E-state index is -0.0572. The number of amides is 1. The first-order valence-corrected chi connectivity index (χ1v) is 9.79. The van der Waals surface area contributed by atoms with Gasteiger partial charge in [0.25, 0.3) is 5.91 Å². The van der Waals surface area contributed by atoms with Crippen molar-refractivity contribution in [2.24, 2.45) is 0 Å². The molecule has 0 bridgehead atoms. The number of carbonyl (C=O) groups excluding carboxylic acids is 1. The number of hydrogen-bond donors (Lipinski definition) is 0. The van der Waals surface area contributed by atoms with Gasteiger partial charge in [0.2, 0.25) is 0 Å². The molecule has 142 valence electrons. The molecule has 0 saturated carbocycles. The molecule has 4 rings (SSSR count). The summed E-state index contributed by atoms with van der Waals surface area (Å²) in [7, 11) is 0. The number of hydrogen-bond acceptors (Lipinski definition) is 5. The van der Waals surface area contributed by atoms with Crippen LogP contribution in [-0.4, -0.2) is 38.6 Å². The van der Waals surface area contributed by atoms with Crippen molar-refractivity contribution in [1.82, 2.24) is 19.6 Å². The standard InChI is InChI=1S/C19H21BrN4O3/c1-12-15(13(2)27-22-12)11-24-10-7-21-18(24)14-5-8-23(9-6-14)19(25)16-3-4-17(20)26-16/h3-4,7,10,14H,5-6,8-9,11H2,1-2H3. The highest BCUT2D eigenvalue weighted by Gasteiger charge is 2.28. The molecule has 8 heteroatoms. The summed E-state index contributed by atoms with van der Waals surface area (Å²) in [5.74, 6) is 2.55. The number of imidazole rings is 1. The summed E-state index contributed by atoms with van der Waals surface area (Å²) < 4.78 is 13.4. The highest BCUT2D eigenvalue weighted by atomic mass is 79.9. The number of halogens is 1. The fourth-order valence-electron chi connectivity index (χ4n) is 3.64. The topological polar surface area (TPSA) is 77.3 Å². The average molecular weight is 433 g/mol. The van der Waals surface area contributed by atoms with Gasteiger partial charge in [0.1, 0.15) is 11.6 Å². The van der Waals surface area contributed by atoms with Gasteiger partial charge < -0.3 is 18.4 Å². The first-order chi connectivity index (χ1) is 13.0. The number of likely N-dealkylation sites (tertiary alicyclic amines) is 1. The van der Waals surface area contributed by atoms with E-state index in [9.17, 15) is 4.79 Å². The Hall–Kier alpha value is -2.35. The van der Waals surface area contributed by atoms with E-state index in [0.717, 1.165) is 35.7 Å². The third-order valence-electron chi connectivity index (χ3n) is 5.19. The van der Waals surface area contributed by atoms with Crippen LogP contribution >= 0.6 is 15.9 Å². The van der Waals surface area contributed by atoms with Gasteiger partial charge in [0, 0.05) is 37.0 Å². The zero-order valence-electron chi connectivity index (χ0n) is 15.3. The summed E-state index contributed by atoms with van der Waals surface area (Å²) in [6.07, 6.45) is 5.60. The summed E-state index contributed by atoms with van der Waals surface area (Å²) in [6, 6.07) is 3.44. The minimum Gasteiger partial charge on any atom is -0.444 e. The summed E-state index contributed by atoms with van der Waals surface area (Å²) >= 11 is 3.24. The highest BCUT2D eigenvalue weighted by molar-refractivity contribution is 9.10. The zero-order chi connectivity index (χ0) is 19.0. The number of rotatable bonds is 4. The van der Waals surface area contributed by atoms with Crippen LogP contribution in [0.5, 0.6) is 0 Å². The van der Waals surface area contributed by atoms with Crippen molar-refractivity contribution in [3.05, 3.63) is 57.8 Å². The second kappa shape index (κ2) is 7.34. The third kappa shape index (κ3) is 3.58. The molecule has 7 nitrogen and oxygen atoms in total. The van der Waals surface area contributed by atoms with Crippen molar-refractivity contribution in [3.8, 4) is 0 Å². The molecule has 0 aliphatic carbocycles. The Bertz CT molecular complexity index is 930. The Morgan fingerprint density at radius 1 is 1.30 bits per heavy atom.